The van der Waals surface area contributed by atoms with Crippen molar-refractivity contribution in [3.63, 3.8) is 0 Å². The number of carbonyl (C=O) groups excluding carboxylic acids is 1. The fraction of sp³-hybridized carbons (Fsp3) is 0.522. The minimum absolute atomic E-state index is 0.186. The van der Waals surface area contributed by atoms with Crippen LogP contribution in [0.15, 0.2) is 29.6 Å². The maximum Gasteiger partial charge on any atom is 0.237 e. The van der Waals surface area contributed by atoms with E-state index >= 15 is 0 Å². The average Bonchev–Trinajstić information content (AvgIpc) is 3.41. The first-order chi connectivity index (χ1) is 14.2. The van der Waals surface area contributed by atoms with Crippen molar-refractivity contribution in [2.45, 2.75) is 44.7 Å². The molecule has 0 bridgehead atoms. The quantitative estimate of drug-likeness (QED) is 0.701. The van der Waals surface area contributed by atoms with E-state index < -0.39 is 0 Å². The maximum atomic E-state index is 13.3. The Kier molecular flexibility index (Phi) is 6.11. The molecule has 5 nitrogen and oxygen atoms in total. The molecule has 4 rings (SSSR count). The van der Waals surface area contributed by atoms with Gasteiger partial charge in [-0.05, 0) is 67.4 Å². The molecule has 6 heteroatoms. The number of nitrogens with zero attached hydrogens (tertiary/aromatic N) is 2. The van der Waals surface area contributed by atoms with Crippen LogP contribution in [0.5, 0.6) is 11.5 Å². The summed E-state index contributed by atoms with van der Waals surface area (Å²) in [5, 5.41) is 2.16. The molecule has 1 fully saturated rings. The van der Waals surface area contributed by atoms with E-state index in [1.165, 1.54) is 10.4 Å². The molecule has 2 atom stereocenters. The van der Waals surface area contributed by atoms with Gasteiger partial charge in [0.05, 0.1) is 26.8 Å². The van der Waals surface area contributed by atoms with Gasteiger partial charge in [0.25, 0.3) is 0 Å². The van der Waals surface area contributed by atoms with Crippen molar-refractivity contribution in [3.05, 3.63) is 45.6 Å². The summed E-state index contributed by atoms with van der Waals surface area (Å²) in [5.74, 6) is 1.93. The molecule has 0 N–H and O–H groups in total. The van der Waals surface area contributed by atoms with Gasteiger partial charge >= 0.3 is 0 Å². The lowest BCUT2D eigenvalue weighted by Crippen LogP contribution is -2.44. The van der Waals surface area contributed by atoms with Crippen LogP contribution in [0.25, 0.3) is 0 Å². The molecule has 3 heterocycles. The summed E-state index contributed by atoms with van der Waals surface area (Å²) in [4.78, 5) is 19.2. The Bertz CT molecular complexity index is 866. The molecule has 0 aliphatic carbocycles. The number of thiophene rings is 1. The number of likely N-dealkylation sites (tertiary alicyclic amines) is 1. The predicted molar refractivity (Wildman–Crippen MR) is 116 cm³/mol. The molecule has 2 aromatic rings. The number of rotatable bonds is 6. The molecule has 1 amide bonds. The third-order valence-corrected chi connectivity index (χ3v) is 7.30. The Balaban J connectivity index is 1.53. The van der Waals surface area contributed by atoms with Crippen molar-refractivity contribution in [3.8, 4) is 11.5 Å². The zero-order valence-corrected chi connectivity index (χ0v) is 18.3. The summed E-state index contributed by atoms with van der Waals surface area (Å²) in [5.41, 5.74) is 2.47. The number of carbonyl (C=O) groups is 1. The second kappa shape index (κ2) is 8.76. The van der Waals surface area contributed by atoms with Gasteiger partial charge in [-0.15, -0.1) is 11.3 Å². The number of ether oxygens (including phenoxy) is 2. The minimum atomic E-state index is 0.186. The Morgan fingerprint density at radius 1 is 1.17 bits per heavy atom. The summed E-state index contributed by atoms with van der Waals surface area (Å²) in [6.07, 6.45) is 4.05. The van der Waals surface area contributed by atoms with E-state index in [9.17, 15) is 4.79 Å². The van der Waals surface area contributed by atoms with Crippen molar-refractivity contribution in [2.24, 2.45) is 0 Å². The molecule has 0 radical (unpaired) electrons. The smallest absolute Gasteiger partial charge is 0.237 e. The van der Waals surface area contributed by atoms with E-state index in [1.807, 2.05) is 23.5 Å². The summed E-state index contributed by atoms with van der Waals surface area (Å²) >= 11 is 1.82. The molecule has 1 aromatic heterocycles. The number of amides is 1. The Labute approximate surface area is 177 Å². The number of benzene rings is 1. The highest BCUT2D eigenvalue weighted by Crippen LogP contribution is 2.40. The third-order valence-electron chi connectivity index (χ3n) is 6.30. The molecule has 2 unspecified atom stereocenters. The molecule has 0 saturated carbocycles. The molecule has 2 aliphatic heterocycles. The lowest BCUT2D eigenvalue weighted by Gasteiger charge is -2.37. The normalized spacial score (nSPS) is 21.8. The van der Waals surface area contributed by atoms with Crippen LogP contribution < -0.4 is 9.47 Å². The molecular formula is C23H30N2O3S. The second-order valence-corrected chi connectivity index (χ2v) is 8.80. The number of hydrogen-bond acceptors (Lipinski definition) is 5. The fourth-order valence-corrected chi connectivity index (χ4v) is 5.80. The summed E-state index contributed by atoms with van der Waals surface area (Å²) in [7, 11) is 3.38. The average molecular weight is 415 g/mol. The van der Waals surface area contributed by atoms with Gasteiger partial charge in [-0.25, -0.2) is 0 Å². The van der Waals surface area contributed by atoms with Gasteiger partial charge in [0, 0.05) is 23.0 Å². The highest BCUT2D eigenvalue weighted by atomic mass is 32.1. The Hall–Kier alpha value is -2.05. The molecule has 1 saturated heterocycles. The van der Waals surface area contributed by atoms with Gasteiger partial charge in [0.2, 0.25) is 5.91 Å². The highest BCUT2D eigenvalue weighted by molar-refractivity contribution is 7.10. The first-order valence-corrected chi connectivity index (χ1v) is 11.4. The van der Waals surface area contributed by atoms with Crippen LogP contribution in [0.1, 0.15) is 54.3 Å². The Morgan fingerprint density at radius 2 is 2.03 bits per heavy atom. The van der Waals surface area contributed by atoms with Gasteiger partial charge in [-0.3, -0.25) is 9.69 Å². The van der Waals surface area contributed by atoms with E-state index in [0.717, 1.165) is 55.8 Å². The molecular weight excluding hydrogens is 384 g/mol. The van der Waals surface area contributed by atoms with Gasteiger partial charge in [0.15, 0.2) is 0 Å². The third kappa shape index (κ3) is 3.88. The first-order valence-electron chi connectivity index (χ1n) is 10.5. The van der Waals surface area contributed by atoms with Crippen molar-refractivity contribution >= 4 is 17.2 Å². The van der Waals surface area contributed by atoms with Crippen LogP contribution in [0.2, 0.25) is 0 Å². The van der Waals surface area contributed by atoms with Crippen molar-refractivity contribution in [2.75, 3.05) is 33.9 Å². The largest absolute Gasteiger partial charge is 0.497 e. The highest BCUT2D eigenvalue weighted by Gasteiger charge is 2.34. The number of methoxy groups -OCH3 is 2. The summed E-state index contributed by atoms with van der Waals surface area (Å²) in [6, 6.07) is 8.54. The molecule has 1 aromatic carbocycles. The molecule has 0 spiro atoms. The zero-order chi connectivity index (χ0) is 20.4. The standard InChI is InChI=1S/C23H30N2O3S/c1-4-19-17-10-13-29-22(17)9-12-25(19)23(26)15-24-11-5-6-20(24)18-14-16(27-2)7-8-21(18)28-3/h7-8,10,13-14,19-20H,4-6,9,11-12,15H2,1-3H3. The van der Waals surface area contributed by atoms with E-state index in [1.54, 1.807) is 14.2 Å². The van der Waals surface area contributed by atoms with E-state index in [4.69, 9.17) is 9.47 Å². The van der Waals surface area contributed by atoms with Crippen LogP contribution in [0.3, 0.4) is 0 Å². The van der Waals surface area contributed by atoms with E-state index in [-0.39, 0.29) is 18.0 Å². The van der Waals surface area contributed by atoms with Gasteiger partial charge in [-0.2, -0.15) is 0 Å². The van der Waals surface area contributed by atoms with Gasteiger partial charge in [0.1, 0.15) is 11.5 Å². The van der Waals surface area contributed by atoms with Crippen molar-refractivity contribution in [1.29, 1.82) is 0 Å². The zero-order valence-electron chi connectivity index (χ0n) is 17.5. The molecule has 29 heavy (non-hydrogen) atoms. The number of hydrogen-bond donors (Lipinski definition) is 0. The topological polar surface area (TPSA) is 42.0 Å². The van der Waals surface area contributed by atoms with Crippen LogP contribution in [0.4, 0.5) is 0 Å². The van der Waals surface area contributed by atoms with E-state index in [2.05, 4.69) is 34.2 Å². The lowest BCUT2D eigenvalue weighted by molar-refractivity contribution is -0.135. The van der Waals surface area contributed by atoms with E-state index in [0.29, 0.717) is 6.54 Å². The summed E-state index contributed by atoms with van der Waals surface area (Å²) < 4.78 is 11.0. The maximum absolute atomic E-state index is 13.3. The summed E-state index contributed by atoms with van der Waals surface area (Å²) in [6.45, 7) is 4.40. The lowest BCUT2D eigenvalue weighted by atomic mass is 9.97. The SMILES string of the molecule is CCC1c2ccsc2CCN1C(=O)CN1CCCC1c1cc(OC)ccc1OC. The Morgan fingerprint density at radius 3 is 2.79 bits per heavy atom. The predicted octanol–water partition coefficient (Wildman–Crippen LogP) is 4.44. The van der Waals surface area contributed by atoms with Crippen LogP contribution >= 0.6 is 11.3 Å². The fourth-order valence-electron chi connectivity index (χ4n) is 4.87. The van der Waals surface area contributed by atoms with Crippen molar-refractivity contribution < 1.29 is 14.3 Å². The van der Waals surface area contributed by atoms with Crippen LogP contribution in [-0.4, -0.2) is 49.6 Å². The molecule has 156 valence electrons. The van der Waals surface area contributed by atoms with Crippen LogP contribution in [-0.2, 0) is 11.2 Å². The van der Waals surface area contributed by atoms with Gasteiger partial charge in [-0.1, -0.05) is 6.92 Å². The van der Waals surface area contributed by atoms with Crippen LogP contribution in [0, 0.1) is 0 Å². The van der Waals surface area contributed by atoms with Gasteiger partial charge < -0.3 is 14.4 Å². The minimum Gasteiger partial charge on any atom is -0.497 e. The van der Waals surface area contributed by atoms with Crippen molar-refractivity contribution in [1.82, 2.24) is 9.80 Å². The number of fused-ring (bicyclic) bond motifs is 1. The second-order valence-electron chi connectivity index (χ2n) is 7.80. The monoisotopic (exact) mass is 414 g/mol. The molecule has 2 aliphatic rings. The first kappa shape index (κ1) is 20.2.